The minimum atomic E-state index is -1.95. The largest absolute Gasteiger partial charge is 0.414 e. The molecule has 2 atom stereocenters. The van der Waals surface area contributed by atoms with Gasteiger partial charge in [0.05, 0.1) is 18.8 Å². The number of aliphatic hydroxyl groups is 1. The average Bonchev–Trinajstić information content (AvgIpc) is 2.56. The number of aliphatic hydroxyl groups excluding tert-OH is 1. The van der Waals surface area contributed by atoms with Crippen LogP contribution in [0.4, 0.5) is 0 Å². The van der Waals surface area contributed by atoms with Gasteiger partial charge >= 0.3 is 0 Å². The third kappa shape index (κ3) is 6.41. The highest BCUT2D eigenvalue weighted by atomic mass is 35.5. The predicted molar refractivity (Wildman–Crippen MR) is 106 cm³/mol. The molecule has 0 saturated heterocycles. The number of hydrogen-bond acceptors (Lipinski definition) is 3. The maximum atomic E-state index is 12.3. The van der Waals surface area contributed by atoms with Gasteiger partial charge in [0.25, 0.3) is 0 Å². The first-order chi connectivity index (χ1) is 11.5. The standard InChI is InChI=1S/C19H32ClNO3Si/c1-15(17(22)14-24-25(5,6)19(2,3)4)21(18(23)12-20)13-16-10-8-7-9-11-16/h7-11,15,17,22H,12-14H2,1-6H3/t15-,17-/m1/s1. The number of hydrogen-bond donors (Lipinski definition) is 1. The molecule has 1 amide bonds. The number of amides is 1. The molecule has 25 heavy (non-hydrogen) atoms. The highest BCUT2D eigenvalue weighted by molar-refractivity contribution is 6.74. The second-order valence-electron chi connectivity index (χ2n) is 8.02. The predicted octanol–water partition coefficient (Wildman–Crippen LogP) is 4.03. The maximum absolute atomic E-state index is 12.3. The lowest BCUT2D eigenvalue weighted by Crippen LogP contribution is -2.49. The van der Waals surface area contributed by atoms with E-state index in [0.29, 0.717) is 6.54 Å². The summed E-state index contributed by atoms with van der Waals surface area (Å²) in [4.78, 5) is 13.9. The normalized spacial score (nSPS) is 14.9. The molecule has 0 spiro atoms. The van der Waals surface area contributed by atoms with Crippen LogP contribution in [0.15, 0.2) is 30.3 Å². The van der Waals surface area contributed by atoms with Crippen LogP contribution in [0.25, 0.3) is 0 Å². The van der Waals surface area contributed by atoms with Gasteiger partial charge < -0.3 is 14.4 Å². The van der Waals surface area contributed by atoms with E-state index >= 15 is 0 Å². The van der Waals surface area contributed by atoms with Crippen molar-refractivity contribution < 1.29 is 14.3 Å². The summed E-state index contributed by atoms with van der Waals surface area (Å²) in [6.07, 6.45) is -0.759. The van der Waals surface area contributed by atoms with Crippen molar-refractivity contribution in [2.24, 2.45) is 0 Å². The fourth-order valence-corrected chi connectivity index (χ4v) is 3.35. The summed E-state index contributed by atoms with van der Waals surface area (Å²) >= 11 is 5.77. The summed E-state index contributed by atoms with van der Waals surface area (Å²) in [5, 5.41) is 10.7. The molecule has 0 saturated carbocycles. The molecule has 0 heterocycles. The van der Waals surface area contributed by atoms with Crippen molar-refractivity contribution in [2.45, 2.75) is 64.5 Å². The van der Waals surface area contributed by atoms with Crippen molar-refractivity contribution in [3.8, 4) is 0 Å². The van der Waals surface area contributed by atoms with Gasteiger partial charge in [0, 0.05) is 6.54 Å². The van der Waals surface area contributed by atoms with E-state index in [1.165, 1.54) is 0 Å². The zero-order chi connectivity index (χ0) is 19.3. The first-order valence-electron chi connectivity index (χ1n) is 8.71. The minimum Gasteiger partial charge on any atom is -0.414 e. The van der Waals surface area contributed by atoms with Gasteiger partial charge in [0.1, 0.15) is 5.88 Å². The van der Waals surface area contributed by atoms with Crippen LogP contribution in [0.5, 0.6) is 0 Å². The number of halogens is 1. The molecule has 0 bridgehead atoms. The van der Waals surface area contributed by atoms with E-state index in [0.717, 1.165) is 5.56 Å². The first-order valence-corrected chi connectivity index (χ1v) is 12.1. The van der Waals surface area contributed by atoms with Crippen molar-refractivity contribution in [1.82, 2.24) is 4.90 Å². The third-order valence-electron chi connectivity index (χ3n) is 5.10. The van der Waals surface area contributed by atoms with Crippen molar-refractivity contribution in [3.63, 3.8) is 0 Å². The van der Waals surface area contributed by atoms with Gasteiger partial charge in [-0.25, -0.2) is 0 Å². The van der Waals surface area contributed by atoms with E-state index in [9.17, 15) is 9.90 Å². The molecule has 0 aliphatic carbocycles. The number of carbonyl (C=O) groups is 1. The SMILES string of the molecule is C[C@H]([C@H](O)CO[Si](C)(C)C(C)(C)C)N(Cc1ccccc1)C(=O)CCl. The molecule has 1 aromatic carbocycles. The van der Waals surface area contributed by atoms with Crippen LogP contribution in [0.2, 0.25) is 18.1 Å². The molecule has 0 unspecified atom stereocenters. The smallest absolute Gasteiger partial charge is 0.238 e. The van der Waals surface area contributed by atoms with Gasteiger partial charge in [0.2, 0.25) is 5.91 Å². The summed E-state index contributed by atoms with van der Waals surface area (Å²) in [6, 6.07) is 9.33. The number of alkyl halides is 1. The number of rotatable bonds is 8. The van der Waals surface area contributed by atoms with Gasteiger partial charge in [-0.2, -0.15) is 0 Å². The van der Waals surface area contributed by atoms with Gasteiger partial charge in [-0.1, -0.05) is 51.1 Å². The topological polar surface area (TPSA) is 49.8 Å². The second-order valence-corrected chi connectivity index (χ2v) is 13.1. The van der Waals surface area contributed by atoms with Gasteiger partial charge in [-0.3, -0.25) is 4.79 Å². The van der Waals surface area contributed by atoms with Crippen molar-refractivity contribution >= 4 is 25.8 Å². The Kier molecular flexibility index (Phi) is 8.13. The van der Waals surface area contributed by atoms with E-state index in [4.69, 9.17) is 16.0 Å². The lowest BCUT2D eigenvalue weighted by Gasteiger charge is -2.38. The molecule has 0 fully saturated rings. The molecule has 0 aliphatic rings. The minimum absolute atomic E-state index is 0.0750. The van der Waals surface area contributed by atoms with E-state index in [1.807, 2.05) is 37.3 Å². The number of benzene rings is 1. The van der Waals surface area contributed by atoms with Crippen LogP contribution in [-0.4, -0.2) is 48.9 Å². The molecule has 6 heteroatoms. The molecule has 1 aromatic rings. The Bertz CT molecular complexity index is 545. The molecule has 4 nitrogen and oxygen atoms in total. The highest BCUT2D eigenvalue weighted by Gasteiger charge is 2.38. The number of nitrogens with zero attached hydrogens (tertiary/aromatic N) is 1. The highest BCUT2D eigenvalue weighted by Crippen LogP contribution is 2.36. The van der Waals surface area contributed by atoms with E-state index in [2.05, 4.69) is 33.9 Å². The van der Waals surface area contributed by atoms with Crippen LogP contribution in [0.1, 0.15) is 33.3 Å². The summed E-state index contributed by atoms with van der Waals surface area (Å²) in [5.41, 5.74) is 1.00. The average molecular weight is 386 g/mol. The summed E-state index contributed by atoms with van der Waals surface area (Å²) in [7, 11) is -1.95. The Morgan fingerprint density at radius 3 is 2.32 bits per heavy atom. The fraction of sp³-hybridized carbons (Fsp3) is 0.632. The van der Waals surface area contributed by atoms with Gasteiger partial charge in [-0.05, 0) is 30.6 Å². The van der Waals surface area contributed by atoms with Gasteiger partial charge in [-0.15, -0.1) is 11.6 Å². The molecular formula is C19H32ClNO3Si. The maximum Gasteiger partial charge on any atom is 0.238 e. The van der Waals surface area contributed by atoms with Crippen molar-refractivity contribution in [2.75, 3.05) is 12.5 Å². The van der Waals surface area contributed by atoms with Crippen LogP contribution in [-0.2, 0) is 15.8 Å². The third-order valence-corrected chi connectivity index (χ3v) is 9.83. The molecular weight excluding hydrogens is 354 g/mol. The fourth-order valence-electron chi connectivity index (χ4n) is 2.17. The number of carbonyl (C=O) groups excluding carboxylic acids is 1. The zero-order valence-corrected chi connectivity index (χ0v) is 18.0. The van der Waals surface area contributed by atoms with Gasteiger partial charge in [0.15, 0.2) is 8.32 Å². The lowest BCUT2D eigenvalue weighted by molar-refractivity contribution is -0.134. The van der Waals surface area contributed by atoms with E-state index in [1.54, 1.807) is 4.90 Å². The molecule has 1 rings (SSSR count). The summed E-state index contributed by atoms with van der Waals surface area (Å²) in [5.74, 6) is -0.295. The molecule has 142 valence electrons. The Morgan fingerprint density at radius 2 is 1.84 bits per heavy atom. The Hall–Kier alpha value is -0.883. The monoisotopic (exact) mass is 385 g/mol. The lowest BCUT2D eigenvalue weighted by atomic mass is 10.1. The van der Waals surface area contributed by atoms with Crippen LogP contribution in [0, 0.1) is 0 Å². The van der Waals surface area contributed by atoms with Crippen molar-refractivity contribution in [3.05, 3.63) is 35.9 Å². The zero-order valence-electron chi connectivity index (χ0n) is 16.3. The van der Waals surface area contributed by atoms with Crippen LogP contribution >= 0.6 is 11.6 Å². The summed E-state index contributed by atoms with van der Waals surface area (Å²) < 4.78 is 6.11. The van der Waals surface area contributed by atoms with Crippen LogP contribution in [0.3, 0.4) is 0 Å². The molecule has 1 N–H and O–H groups in total. The first kappa shape index (κ1) is 22.2. The Balaban J connectivity index is 2.79. The van der Waals surface area contributed by atoms with Crippen LogP contribution < -0.4 is 0 Å². The summed E-state index contributed by atoms with van der Waals surface area (Å²) in [6.45, 7) is 13.3. The van der Waals surface area contributed by atoms with E-state index < -0.39 is 14.4 Å². The second kappa shape index (κ2) is 9.17. The van der Waals surface area contributed by atoms with Crippen molar-refractivity contribution in [1.29, 1.82) is 0 Å². The Morgan fingerprint density at radius 1 is 1.28 bits per heavy atom. The molecule has 0 aromatic heterocycles. The quantitative estimate of drug-likeness (QED) is 0.543. The molecule has 0 radical (unpaired) electrons. The Labute approximate surface area is 158 Å². The van der Waals surface area contributed by atoms with E-state index in [-0.39, 0.29) is 29.5 Å². The molecule has 0 aliphatic heterocycles.